The number of nitrogens with zero attached hydrogens (tertiary/aromatic N) is 6. The lowest BCUT2D eigenvalue weighted by Crippen LogP contribution is -2.27. The molecule has 10 nitrogen and oxygen atoms in total. The minimum atomic E-state index is -4.68. The van der Waals surface area contributed by atoms with Crippen LogP contribution >= 0.6 is 34.8 Å². The van der Waals surface area contributed by atoms with Crippen molar-refractivity contribution in [3.8, 4) is 5.82 Å². The fraction of sp³-hybridized carbons (Fsp3) is 0.250. The lowest BCUT2D eigenvalue weighted by molar-refractivity contribution is -0.141. The van der Waals surface area contributed by atoms with Gasteiger partial charge in [0.25, 0.3) is 11.8 Å². The maximum absolute atomic E-state index is 13.6. The van der Waals surface area contributed by atoms with Gasteiger partial charge in [-0.2, -0.15) is 18.3 Å². The van der Waals surface area contributed by atoms with Crippen molar-refractivity contribution in [2.45, 2.75) is 25.6 Å². The Balaban J connectivity index is 1.49. The molecule has 16 heteroatoms. The molecule has 1 aliphatic rings. The summed E-state index contributed by atoms with van der Waals surface area (Å²) in [4.78, 5) is 30.6. The molecule has 0 unspecified atom stereocenters. The highest BCUT2D eigenvalue weighted by Gasteiger charge is 2.34. The Labute approximate surface area is 239 Å². The maximum Gasteiger partial charge on any atom is 0.436 e. The average molecular weight is 614 g/mol. The number of hydrogen-bond donors (Lipinski definition) is 2. The third kappa shape index (κ3) is 6.21. The van der Waals surface area contributed by atoms with Gasteiger partial charge in [0, 0.05) is 17.8 Å². The number of carbonyl (C=O) groups is 2. The van der Waals surface area contributed by atoms with Crippen molar-refractivity contribution in [1.82, 2.24) is 35.1 Å². The molecule has 1 fully saturated rings. The molecule has 0 saturated heterocycles. The SMILES string of the molecule is O=C(NCC1CC1)c1cc(Cl)cc(Cl)c1NC(=O)c1cc(Cn2cc(C(F)(F)F)nn2)nn1-c1ncccc1Cl. The maximum atomic E-state index is 13.6. The van der Waals surface area contributed by atoms with Crippen LogP contribution in [0.5, 0.6) is 0 Å². The molecule has 40 heavy (non-hydrogen) atoms. The molecule has 208 valence electrons. The van der Waals surface area contributed by atoms with Gasteiger partial charge in [0.1, 0.15) is 5.69 Å². The van der Waals surface area contributed by atoms with Gasteiger partial charge in [0.15, 0.2) is 11.5 Å². The lowest BCUT2D eigenvalue weighted by atomic mass is 10.1. The molecular weight excluding hydrogens is 596 g/mol. The third-order valence-corrected chi connectivity index (χ3v) is 6.68. The normalized spacial score (nSPS) is 13.3. The van der Waals surface area contributed by atoms with Gasteiger partial charge in [-0.05, 0) is 49.1 Å². The topological polar surface area (TPSA) is 120 Å². The van der Waals surface area contributed by atoms with E-state index in [1.807, 2.05) is 0 Å². The zero-order valence-corrected chi connectivity index (χ0v) is 22.5. The molecule has 1 aliphatic carbocycles. The van der Waals surface area contributed by atoms with Crippen molar-refractivity contribution in [2.75, 3.05) is 11.9 Å². The minimum absolute atomic E-state index is 0.0110. The molecule has 4 aromatic rings. The van der Waals surface area contributed by atoms with Gasteiger partial charge in [0.2, 0.25) is 0 Å². The number of hydrogen-bond acceptors (Lipinski definition) is 6. The van der Waals surface area contributed by atoms with Crippen LogP contribution in [0.25, 0.3) is 5.82 Å². The summed E-state index contributed by atoms with van der Waals surface area (Å²) < 4.78 is 41.0. The second-order valence-corrected chi connectivity index (χ2v) is 10.2. The fourth-order valence-electron chi connectivity index (χ4n) is 3.75. The van der Waals surface area contributed by atoms with E-state index in [1.54, 1.807) is 6.07 Å². The minimum Gasteiger partial charge on any atom is -0.352 e. The molecule has 2 amide bonds. The highest BCUT2D eigenvalue weighted by atomic mass is 35.5. The summed E-state index contributed by atoms with van der Waals surface area (Å²) in [5.74, 6) is -0.736. The predicted molar refractivity (Wildman–Crippen MR) is 140 cm³/mol. The van der Waals surface area contributed by atoms with Gasteiger partial charge in [-0.25, -0.2) is 14.3 Å². The van der Waals surface area contributed by atoms with Crippen molar-refractivity contribution in [3.05, 3.63) is 80.4 Å². The van der Waals surface area contributed by atoms with Gasteiger partial charge in [-0.15, -0.1) is 5.10 Å². The number of rotatable bonds is 8. The summed E-state index contributed by atoms with van der Waals surface area (Å²) in [6.07, 6.45) is -0.490. The largest absolute Gasteiger partial charge is 0.436 e. The van der Waals surface area contributed by atoms with Gasteiger partial charge in [-0.3, -0.25) is 9.59 Å². The number of alkyl halides is 3. The van der Waals surface area contributed by atoms with Gasteiger partial charge in [-0.1, -0.05) is 40.0 Å². The number of anilines is 1. The molecule has 0 radical (unpaired) electrons. The molecule has 0 spiro atoms. The molecule has 2 N–H and O–H groups in total. The molecule has 5 rings (SSSR count). The van der Waals surface area contributed by atoms with E-state index in [9.17, 15) is 22.8 Å². The van der Waals surface area contributed by atoms with Crippen LogP contribution in [0, 0.1) is 5.92 Å². The predicted octanol–water partition coefficient (Wildman–Crippen LogP) is 5.28. The molecule has 0 aliphatic heterocycles. The van der Waals surface area contributed by atoms with Gasteiger partial charge >= 0.3 is 6.18 Å². The number of nitrogens with one attached hydrogen (secondary N) is 2. The van der Waals surface area contributed by atoms with Crippen molar-refractivity contribution < 1.29 is 22.8 Å². The van der Waals surface area contributed by atoms with Gasteiger partial charge < -0.3 is 10.6 Å². The van der Waals surface area contributed by atoms with Gasteiger partial charge in [0.05, 0.1) is 39.7 Å². The van der Waals surface area contributed by atoms with Crippen molar-refractivity contribution in [2.24, 2.45) is 5.92 Å². The Kier molecular flexibility index (Phi) is 7.71. The first-order chi connectivity index (χ1) is 19.0. The fourth-order valence-corrected chi connectivity index (χ4v) is 4.49. The van der Waals surface area contributed by atoms with E-state index in [0.29, 0.717) is 18.7 Å². The van der Waals surface area contributed by atoms with Crippen LogP contribution < -0.4 is 10.6 Å². The number of aromatic nitrogens is 6. The molecule has 3 aromatic heterocycles. The average Bonchev–Trinajstić information content (AvgIpc) is 3.43. The second-order valence-electron chi connectivity index (χ2n) is 8.96. The summed E-state index contributed by atoms with van der Waals surface area (Å²) in [5, 5.41) is 16.7. The molecule has 1 aromatic carbocycles. The number of pyridine rings is 1. The van der Waals surface area contributed by atoms with E-state index in [2.05, 4.69) is 31.0 Å². The van der Waals surface area contributed by atoms with Crippen molar-refractivity contribution in [1.29, 1.82) is 0 Å². The molecular formula is C24H18Cl3F3N8O2. The summed E-state index contributed by atoms with van der Waals surface area (Å²) >= 11 is 18.8. The van der Waals surface area contributed by atoms with Crippen LogP contribution in [0.4, 0.5) is 18.9 Å². The van der Waals surface area contributed by atoms with Crippen LogP contribution in [0.15, 0.2) is 42.7 Å². The number of amides is 2. The Bertz CT molecular complexity index is 1600. The Morgan fingerprint density at radius 3 is 2.52 bits per heavy atom. The summed E-state index contributed by atoms with van der Waals surface area (Å²) in [7, 11) is 0. The zero-order chi connectivity index (χ0) is 28.6. The smallest absolute Gasteiger partial charge is 0.352 e. The van der Waals surface area contributed by atoms with Crippen LogP contribution in [-0.2, 0) is 12.7 Å². The first-order valence-electron chi connectivity index (χ1n) is 11.8. The standard InChI is InChI=1S/C24H18Cl3F3N8O2/c25-13-6-15(22(39)32-9-12-3-4-12)20(17(27)7-13)33-23(40)18-8-14(10-37-11-19(34-36-37)24(28,29)30)35-38(18)21-16(26)2-1-5-31-21/h1-2,5-8,11-12H,3-4,9-10H2,(H,32,39)(H,33,40). The van der Waals surface area contributed by atoms with E-state index in [4.69, 9.17) is 34.8 Å². The zero-order valence-electron chi connectivity index (χ0n) is 20.2. The van der Waals surface area contributed by atoms with Crippen LogP contribution in [0.1, 0.15) is 45.1 Å². The van der Waals surface area contributed by atoms with E-state index < -0.39 is 23.7 Å². The van der Waals surface area contributed by atoms with E-state index >= 15 is 0 Å². The quantitative estimate of drug-likeness (QED) is 0.279. The summed E-state index contributed by atoms with van der Waals surface area (Å²) in [6, 6.07) is 7.18. The number of halogens is 6. The summed E-state index contributed by atoms with van der Waals surface area (Å²) in [6.45, 7) is 0.223. The highest BCUT2D eigenvalue weighted by Crippen LogP contribution is 2.32. The van der Waals surface area contributed by atoms with Crippen molar-refractivity contribution in [3.63, 3.8) is 0 Å². The number of benzene rings is 1. The number of carbonyl (C=O) groups excluding carboxylic acids is 2. The molecule has 1 saturated carbocycles. The van der Waals surface area contributed by atoms with Crippen LogP contribution in [0.3, 0.4) is 0 Å². The second kappa shape index (κ2) is 11.1. The third-order valence-electron chi connectivity index (χ3n) is 5.87. The Morgan fingerprint density at radius 2 is 1.85 bits per heavy atom. The lowest BCUT2D eigenvalue weighted by Gasteiger charge is -2.14. The van der Waals surface area contributed by atoms with Crippen LogP contribution in [-0.4, -0.2) is 48.1 Å². The highest BCUT2D eigenvalue weighted by molar-refractivity contribution is 6.38. The summed E-state index contributed by atoms with van der Waals surface area (Å²) in [5.41, 5.74) is -1.06. The van der Waals surface area contributed by atoms with E-state index in [0.717, 1.165) is 22.2 Å². The molecule has 3 heterocycles. The first-order valence-corrected chi connectivity index (χ1v) is 12.9. The Hall–Kier alpha value is -3.68. The monoisotopic (exact) mass is 612 g/mol. The van der Waals surface area contributed by atoms with Crippen molar-refractivity contribution >= 4 is 52.3 Å². The Morgan fingerprint density at radius 1 is 1.07 bits per heavy atom. The molecule has 0 atom stereocenters. The first kappa shape index (κ1) is 27.9. The van der Waals surface area contributed by atoms with E-state index in [1.165, 1.54) is 30.5 Å². The van der Waals surface area contributed by atoms with Crippen LogP contribution in [0.2, 0.25) is 15.1 Å². The van der Waals surface area contributed by atoms with E-state index in [-0.39, 0.29) is 50.1 Å². The molecule has 0 bridgehead atoms.